The summed E-state index contributed by atoms with van der Waals surface area (Å²) >= 11 is 0. The van der Waals surface area contributed by atoms with Crippen LogP contribution in [0.4, 0.5) is 5.69 Å². The molecule has 5 rings (SSSR count). The largest absolute Gasteiger partial charge is 0.484 e. The van der Waals surface area contributed by atoms with Crippen LogP contribution < -0.4 is 10.1 Å². The first-order chi connectivity index (χ1) is 15.2. The zero-order valence-corrected chi connectivity index (χ0v) is 17.0. The van der Waals surface area contributed by atoms with E-state index in [9.17, 15) is 4.79 Å². The Labute approximate surface area is 179 Å². The minimum Gasteiger partial charge on any atom is -0.484 e. The van der Waals surface area contributed by atoms with Crippen LogP contribution in [0.1, 0.15) is 5.56 Å². The van der Waals surface area contributed by atoms with Gasteiger partial charge < -0.3 is 14.5 Å². The Morgan fingerprint density at radius 2 is 1.74 bits per heavy atom. The summed E-state index contributed by atoms with van der Waals surface area (Å²) < 4.78 is 11.6. The number of hydrogen-bond acceptors (Lipinski definition) is 4. The lowest BCUT2D eigenvalue weighted by Crippen LogP contribution is -2.20. The number of amides is 1. The van der Waals surface area contributed by atoms with Crippen LogP contribution in [0.25, 0.3) is 33.3 Å². The number of aryl methyl sites for hydroxylation is 1. The van der Waals surface area contributed by atoms with E-state index in [1.165, 1.54) is 0 Å². The van der Waals surface area contributed by atoms with Gasteiger partial charge in [0.15, 0.2) is 12.2 Å². The van der Waals surface area contributed by atoms with Crippen LogP contribution in [0.3, 0.4) is 0 Å². The Bertz CT molecular complexity index is 1400. The molecule has 0 bridgehead atoms. The quantitative estimate of drug-likeness (QED) is 0.389. The maximum Gasteiger partial charge on any atom is 0.262 e. The van der Waals surface area contributed by atoms with Gasteiger partial charge in [-0.25, -0.2) is 4.98 Å². The van der Waals surface area contributed by atoms with Gasteiger partial charge in [-0.05, 0) is 59.7 Å². The van der Waals surface area contributed by atoms with Crippen LogP contribution in [-0.2, 0) is 4.79 Å². The third kappa shape index (κ3) is 3.98. The van der Waals surface area contributed by atoms with E-state index in [1.807, 2.05) is 91.9 Å². The lowest BCUT2D eigenvalue weighted by molar-refractivity contribution is -0.118. The zero-order chi connectivity index (χ0) is 21.2. The van der Waals surface area contributed by atoms with E-state index < -0.39 is 0 Å². The fourth-order valence-electron chi connectivity index (χ4n) is 3.52. The van der Waals surface area contributed by atoms with Crippen molar-refractivity contribution in [3.05, 3.63) is 90.5 Å². The molecule has 0 saturated carbocycles. The number of rotatable bonds is 5. The summed E-state index contributed by atoms with van der Waals surface area (Å²) in [5.41, 5.74) is 3.95. The minimum absolute atomic E-state index is 0.0978. The molecule has 0 aliphatic heterocycles. The summed E-state index contributed by atoms with van der Waals surface area (Å²) in [4.78, 5) is 17.1. The van der Waals surface area contributed by atoms with Gasteiger partial charge in [-0.15, -0.1) is 0 Å². The number of fused-ring (bicyclic) bond motifs is 2. The molecule has 0 unspecified atom stereocenters. The Kier molecular flexibility index (Phi) is 4.84. The van der Waals surface area contributed by atoms with Crippen LogP contribution in [0.2, 0.25) is 0 Å². The summed E-state index contributed by atoms with van der Waals surface area (Å²) in [6, 6.07) is 27.1. The van der Waals surface area contributed by atoms with Crippen LogP contribution in [0.15, 0.2) is 89.3 Å². The highest BCUT2D eigenvalue weighted by Crippen LogP contribution is 2.30. The summed E-state index contributed by atoms with van der Waals surface area (Å²) in [5.74, 6) is 0.857. The molecule has 1 heterocycles. The molecule has 0 atom stereocenters. The van der Waals surface area contributed by atoms with Crippen molar-refractivity contribution in [3.8, 4) is 17.2 Å². The molecular formula is C26H20N2O3. The molecule has 0 spiro atoms. The van der Waals surface area contributed by atoms with E-state index in [2.05, 4.69) is 10.3 Å². The number of carbonyl (C=O) groups is 1. The SMILES string of the molecule is Cc1ccc2oc(-c3ccccc3NC(=O)COc3ccc4ccccc4c3)nc2c1. The first-order valence-corrected chi connectivity index (χ1v) is 10.0. The molecule has 1 N–H and O–H groups in total. The molecule has 0 radical (unpaired) electrons. The first-order valence-electron chi connectivity index (χ1n) is 10.0. The molecule has 0 aliphatic rings. The lowest BCUT2D eigenvalue weighted by Gasteiger charge is -2.10. The average molecular weight is 408 g/mol. The van der Waals surface area contributed by atoms with Crippen molar-refractivity contribution in [1.82, 2.24) is 4.98 Å². The maximum absolute atomic E-state index is 12.6. The molecular weight excluding hydrogens is 388 g/mol. The number of ether oxygens (including phenoxy) is 1. The van der Waals surface area contributed by atoms with E-state index >= 15 is 0 Å². The maximum atomic E-state index is 12.6. The van der Waals surface area contributed by atoms with E-state index in [-0.39, 0.29) is 12.5 Å². The lowest BCUT2D eigenvalue weighted by atomic mass is 10.1. The Morgan fingerprint density at radius 1 is 0.935 bits per heavy atom. The van der Waals surface area contributed by atoms with Gasteiger partial charge in [0.2, 0.25) is 5.89 Å². The number of anilines is 1. The Balaban J connectivity index is 1.33. The van der Waals surface area contributed by atoms with Gasteiger partial charge in [0.25, 0.3) is 5.91 Å². The highest BCUT2D eigenvalue weighted by molar-refractivity contribution is 5.96. The second-order valence-corrected chi connectivity index (χ2v) is 7.38. The van der Waals surface area contributed by atoms with E-state index in [4.69, 9.17) is 9.15 Å². The molecule has 5 nitrogen and oxygen atoms in total. The smallest absolute Gasteiger partial charge is 0.262 e. The van der Waals surface area contributed by atoms with Gasteiger partial charge in [0.1, 0.15) is 11.3 Å². The van der Waals surface area contributed by atoms with Crippen molar-refractivity contribution >= 4 is 33.5 Å². The standard InChI is InChI=1S/C26H20N2O3/c1-17-10-13-24-23(14-17)28-26(31-24)21-8-4-5-9-22(21)27-25(29)16-30-20-12-11-18-6-2-3-7-19(18)15-20/h2-15H,16H2,1H3,(H,27,29). The summed E-state index contributed by atoms with van der Waals surface area (Å²) in [5, 5.41) is 5.10. The molecule has 1 amide bonds. The van der Waals surface area contributed by atoms with Crippen LogP contribution in [0, 0.1) is 6.92 Å². The van der Waals surface area contributed by atoms with Crippen molar-refractivity contribution in [2.24, 2.45) is 0 Å². The zero-order valence-electron chi connectivity index (χ0n) is 17.0. The van der Waals surface area contributed by atoms with Crippen molar-refractivity contribution in [1.29, 1.82) is 0 Å². The molecule has 5 aromatic rings. The molecule has 0 aliphatic carbocycles. The molecule has 31 heavy (non-hydrogen) atoms. The molecule has 0 saturated heterocycles. The van der Waals surface area contributed by atoms with Gasteiger partial charge in [-0.1, -0.05) is 48.5 Å². The fourth-order valence-corrected chi connectivity index (χ4v) is 3.52. The summed E-state index contributed by atoms with van der Waals surface area (Å²) in [7, 11) is 0. The number of nitrogens with one attached hydrogen (secondary N) is 1. The van der Waals surface area contributed by atoms with Crippen molar-refractivity contribution < 1.29 is 13.9 Å². The molecule has 152 valence electrons. The first kappa shape index (κ1) is 18.9. The van der Waals surface area contributed by atoms with Crippen LogP contribution in [0.5, 0.6) is 5.75 Å². The molecule has 1 aromatic heterocycles. The number of para-hydroxylation sites is 1. The predicted molar refractivity (Wildman–Crippen MR) is 122 cm³/mol. The minimum atomic E-state index is -0.257. The number of benzene rings is 4. The van der Waals surface area contributed by atoms with Crippen LogP contribution in [-0.4, -0.2) is 17.5 Å². The van der Waals surface area contributed by atoms with Crippen molar-refractivity contribution in [2.75, 3.05) is 11.9 Å². The Hall–Kier alpha value is -4.12. The van der Waals surface area contributed by atoms with Crippen molar-refractivity contribution in [2.45, 2.75) is 6.92 Å². The van der Waals surface area contributed by atoms with E-state index in [0.717, 1.165) is 27.4 Å². The van der Waals surface area contributed by atoms with Gasteiger partial charge in [-0.2, -0.15) is 0 Å². The predicted octanol–water partition coefficient (Wildman–Crippen LogP) is 5.97. The van der Waals surface area contributed by atoms with Crippen molar-refractivity contribution in [3.63, 3.8) is 0 Å². The molecule has 4 aromatic carbocycles. The molecule has 5 heteroatoms. The summed E-state index contributed by atoms with van der Waals surface area (Å²) in [6.45, 7) is 1.91. The normalized spacial score (nSPS) is 11.0. The van der Waals surface area contributed by atoms with Crippen LogP contribution >= 0.6 is 0 Å². The third-order valence-electron chi connectivity index (χ3n) is 5.07. The van der Waals surface area contributed by atoms with Gasteiger partial charge in [0, 0.05) is 0 Å². The van der Waals surface area contributed by atoms with Gasteiger partial charge in [0.05, 0.1) is 11.3 Å². The van der Waals surface area contributed by atoms with E-state index in [0.29, 0.717) is 22.9 Å². The van der Waals surface area contributed by atoms with E-state index in [1.54, 1.807) is 0 Å². The monoisotopic (exact) mass is 408 g/mol. The number of aromatic nitrogens is 1. The third-order valence-corrected chi connectivity index (χ3v) is 5.07. The number of carbonyl (C=O) groups excluding carboxylic acids is 1. The van der Waals surface area contributed by atoms with Gasteiger partial charge >= 0.3 is 0 Å². The topological polar surface area (TPSA) is 64.4 Å². The van der Waals surface area contributed by atoms with Gasteiger partial charge in [-0.3, -0.25) is 4.79 Å². The second kappa shape index (κ2) is 7.95. The Morgan fingerprint density at radius 3 is 2.65 bits per heavy atom. The number of oxazole rings is 1. The number of nitrogens with zero attached hydrogens (tertiary/aromatic N) is 1. The highest BCUT2D eigenvalue weighted by atomic mass is 16.5. The number of hydrogen-bond donors (Lipinski definition) is 1. The molecule has 0 fully saturated rings. The fraction of sp³-hybridized carbons (Fsp3) is 0.0769. The second-order valence-electron chi connectivity index (χ2n) is 7.38. The summed E-state index contributed by atoms with van der Waals surface area (Å²) in [6.07, 6.45) is 0. The average Bonchev–Trinajstić information content (AvgIpc) is 3.21. The highest BCUT2D eigenvalue weighted by Gasteiger charge is 2.14.